The number of primary amides is 1. The molecular weight excluding hydrogens is 385 g/mol. The predicted octanol–water partition coefficient (Wildman–Crippen LogP) is 3.46. The van der Waals surface area contributed by atoms with E-state index < -0.39 is 21.7 Å². The molecule has 150 valence electrons. The van der Waals surface area contributed by atoms with Gasteiger partial charge in [0.25, 0.3) is 5.91 Å². The number of halogens is 1. The quantitative estimate of drug-likeness (QED) is 0.713. The first-order valence-electron chi connectivity index (χ1n) is 8.53. The maximum Gasteiger partial charge on any atom is 0.253 e. The van der Waals surface area contributed by atoms with Crippen LogP contribution in [0.5, 0.6) is 0 Å². The van der Waals surface area contributed by atoms with Gasteiger partial charge in [-0.25, -0.2) is 12.8 Å². The first kappa shape index (κ1) is 21.4. The highest BCUT2D eigenvalue weighted by molar-refractivity contribution is 7.92. The molecular formula is C19H22FN3O4S. The van der Waals surface area contributed by atoms with E-state index in [9.17, 15) is 17.6 Å². The minimum atomic E-state index is -3.53. The largest absolute Gasteiger partial charge is 0.437 e. The maximum absolute atomic E-state index is 13.2. The second-order valence-electron chi connectivity index (χ2n) is 5.89. The minimum absolute atomic E-state index is 0.0641. The van der Waals surface area contributed by atoms with E-state index in [2.05, 4.69) is 4.98 Å². The molecule has 9 heteroatoms. The van der Waals surface area contributed by atoms with Crippen LogP contribution < -0.4 is 10.0 Å². The van der Waals surface area contributed by atoms with Gasteiger partial charge in [-0.1, -0.05) is 13.8 Å². The van der Waals surface area contributed by atoms with Crippen molar-refractivity contribution in [3.8, 4) is 11.3 Å². The molecule has 0 unspecified atom stereocenters. The van der Waals surface area contributed by atoms with E-state index in [1.165, 1.54) is 31.3 Å². The molecule has 0 radical (unpaired) electrons. The molecule has 3 aromatic rings. The average Bonchev–Trinajstić information content (AvgIpc) is 3.00. The standard InChI is InChI=1S/C17H16FN3O4S.C2H6/c1-9-8-12-13(15(19)22)14(10-4-6-11(18)7-5-10)25-17(12)20-16(9)21(2)26(3,23)24;1-2/h4-8H,1-3H3,(H2,19,22);1-2H3. The number of pyridine rings is 1. The van der Waals surface area contributed by atoms with Crippen LogP contribution in [0.1, 0.15) is 29.8 Å². The molecule has 2 aromatic heterocycles. The molecule has 2 N–H and O–H groups in total. The van der Waals surface area contributed by atoms with E-state index in [4.69, 9.17) is 10.2 Å². The number of nitrogens with two attached hydrogens (primary N) is 1. The van der Waals surface area contributed by atoms with Crippen LogP contribution >= 0.6 is 0 Å². The van der Waals surface area contributed by atoms with Gasteiger partial charge in [0.1, 0.15) is 17.4 Å². The van der Waals surface area contributed by atoms with Crippen LogP contribution in [0.4, 0.5) is 10.2 Å². The fraction of sp³-hybridized carbons (Fsp3) is 0.263. The van der Waals surface area contributed by atoms with Crippen LogP contribution in [0.2, 0.25) is 0 Å². The predicted molar refractivity (Wildman–Crippen MR) is 107 cm³/mol. The third-order valence-corrected chi connectivity index (χ3v) is 5.16. The number of carbonyl (C=O) groups is 1. The maximum atomic E-state index is 13.2. The molecule has 0 saturated heterocycles. The summed E-state index contributed by atoms with van der Waals surface area (Å²) >= 11 is 0. The molecule has 0 aliphatic rings. The summed E-state index contributed by atoms with van der Waals surface area (Å²) in [7, 11) is -2.16. The third-order valence-electron chi connectivity index (χ3n) is 4.00. The highest BCUT2D eigenvalue weighted by Gasteiger charge is 2.24. The smallest absolute Gasteiger partial charge is 0.253 e. The van der Waals surface area contributed by atoms with Gasteiger partial charge in [0.15, 0.2) is 0 Å². The van der Waals surface area contributed by atoms with E-state index >= 15 is 0 Å². The molecule has 0 atom stereocenters. The third kappa shape index (κ3) is 3.99. The minimum Gasteiger partial charge on any atom is -0.437 e. The summed E-state index contributed by atoms with van der Waals surface area (Å²) in [5, 5.41) is 0.361. The lowest BCUT2D eigenvalue weighted by Gasteiger charge is -2.17. The van der Waals surface area contributed by atoms with Crippen molar-refractivity contribution < 1.29 is 22.0 Å². The summed E-state index contributed by atoms with van der Waals surface area (Å²) in [6.45, 7) is 5.67. The Hall–Kier alpha value is -2.94. The number of sulfonamides is 1. The fourth-order valence-corrected chi connectivity index (χ4v) is 3.14. The van der Waals surface area contributed by atoms with Crippen molar-refractivity contribution >= 4 is 32.8 Å². The molecule has 1 aromatic carbocycles. The van der Waals surface area contributed by atoms with Gasteiger partial charge < -0.3 is 10.2 Å². The highest BCUT2D eigenvalue weighted by atomic mass is 32.2. The summed E-state index contributed by atoms with van der Waals surface area (Å²) in [5.41, 5.74) is 6.65. The monoisotopic (exact) mass is 407 g/mol. The van der Waals surface area contributed by atoms with Gasteiger partial charge in [-0.3, -0.25) is 9.10 Å². The van der Waals surface area contributed by atoms with E-state index in [0.717, 1.165) is 10.6 Å². The van der Waals surface area contributed by atoms with Gasteiger partial charge in [0.05, 0.1) is 17.2 Å². The van der Waals surface area contributed by atoms with E-state index in [-0.39, 0.29) is 22.9 Å². The van der Waals surface area contributed by atoms with Gasteiger partial charge in [0, 0.05) is 12.6 Å². The number of aryl methyl sites for hydroxylation is 1. The average molecular weight is 407 g/mol. The first-order valence-corrected chi connectivity index (χ1v) is 10.4. The van der Waals surface area contributed by atoms with Crippen molar-refractivity contribution in [3.05, 3.63) is 47.3 Å². The number of carbonyl (C=O) groups excluding carboxylic acids is 1. The Bertz CT molecular complexity index is 1120. The summed E-state index contributed by atoms with van der Waals surface area (Å²) in [6.07, 6.45) is 1.05. The zero-order chi connectivity index (χ0) is 21.2. The molecule has 28 heavy (non-hydrogen) atoms. The molecule has 0 fully saturated rings. The molecule has 0 aliphatic carbocycles. The van der Waals surface area contributed by atoms with Crippen molar-refractivity contribution in [2.75, 3.05) is 17.6 Å². The number of aromatic nitrogens is 1. The van der Waals surface area contributed by atoms with Crippen LogP contribution in [0.25, 0.3) is 22.4 Å². The van der Waals surface area contributed by atoms with Crippen LogP contribution in [0, 0.1) is 12.7 Å². The van der Waals surface area contributed by atoms with Gasteiger partial charge in [0.2, 0.25) is 15.7 Å². The number of anilines is 1. The van der Waals surface area contributed by atoms with Crippen molar-refractivity contribution in [1.29, 1.82) is 0 Å². The zero-order valence-corrected chi connectivity index (χ0v) is 17.1. The van der Waals surface area contributed by atoms with Crippen molar-refractivity contribution in [1.82, 2.24) is 4.98 Å². The normalized spacial score (nSPS) is 11.1. The lowest BCUT2D eigenvalue weighted by atomic mass is 10.0. The molecule has 0 aliphatic heterocycles. The Labute approximate surface area is 163 Å². The van der Waals surface area contributed by atoms with Gasteiger partial charge in [-0.15, -0.1) is 0 Å². The summed E-state index contributed by atoms with van der Waals surface area (Å²) in [5.74, 6) is -0.834. The second-order valence-corrected chi connectivity index (χ2v) is 7.90. The first-order chi connectivity index (χ1) is 13.1. The van der Waals surface area contributed by atoms with Gasteiger partial charge >= 0.3 is 0 Å². The van der Waals surface area contributed by atoms with Gasteiger partial charge in [-0.2, -0.15) is 4.98 Å². The Morgan fingerprint density at radius 2 is 1.79 bits per heavy atom. The SMILES string of the molecule is CC.Cc1cc2c(C(N)=O)c(-c3ccc(F)cc3)oc2nc1N(C)S(C)(=O)=O. The number of fused-ring (bicyclic) bond motifs is 1. The number of hydrogen-bond acceptors (Lipinski definition) is 5. The summed E-state index contributed by atoms with van der Waals surface area (Å²) in [4.78, 5) is 16.2. The van der Waals surface area contributed by atoms with Crippen LogP contribution in [-0.4, -0.2) is 32.6 Å². The molecule has 1 amide bonds. The van der Waals surface area contributed by atoms with Crippen LogP contribution in [-0.2, 0) is 10.0 Å². The Morgan fingerprint density at radius 1 is 1.21 bits per heavy atom. The number of rotatable bonds is 4. The lowest BCUT2D eigenvalue weighted by molar-refractivity contribution is 0.100. The van der Waals surface area contributed by atoms with Crippen molar-refractivity contribution in [2.45, 2.75) is 20.8 Å². The van der Waals surface area contributed by atoms with Gasteiger partial charge in [-0.05, 0) is 42.8 Å². The molecule has 3 rings (SSSR count). The Balaban J connectivity index is 0.00000136. The van der Waals surface area contributed by atoms with E-state index in [1.54, 1.807) is 13.0 Å². The van der Waals surface area contributed by atoms with Crippen molar-refractivity contribution in [3.63, 3.8) is 0 Å². The molecule has 2 heterocycles. The number of benzene rings is 1. The zero-order valence-electron chi connectivity index (χ0n) is 16.3. The number of furan rings is 1. The van der Waals surface area contributed by atoms with E-state index in [1.807, 2.05) is 13.8 Å². The van der Waals surface area contributed by atoms with Crippen LogP contribution in [0.3, 0.4) is 0 Å². The highest BCUT2D eigenvalue weighted by Crippen LogP contribution is 2.35. The number of hydrogen-bond donors (Lipinski definition) is 1. The van der Waals surface area contributed by atoms with E-state index in [0.29, 0.717) is 16.5 Å². The number of nitrogens with zero attached hydrogens (tertiary/aromatic N) is 2. The van der Waals surface area contributed by atoms with Crippen LogP contribution in [0.15, 0.2) is 34.7 Å². The Morgan fingerprint density at radius 3 is 2.29 bits per heavy atom. The molecule has 0 bridgehead atoms. The lowest BCUT2D eigenvalue weighted by Crippen LogP contribution is -2.26. The Kier molecular flexibility index (Phi) is 6.08. The molecule has 0 spiro atoms. The topological polar surface area (TPSA) is 106 Å². The molecule has 0 saturated carbocycles. The molecule has 7 nitrogen and oxygen atoms in total. The second kappa shape index (κ2) is 7.97. The fourth-order valence-electron chi connectivity index (χ4n) is 2.64. The number of amides is 1. The van der Waals surface area contributed by atoms with Crippen molar-refractivity contribution in [2.24, 2.45) is 5.73 Å². The summed E-state index contributed by atoms with van der Waals surface area (Å²) in [6, 6.07) is 6.96. The summed E-state index contributed by atoms with van der Waals surface area (Å²) < 4.78 is 43.5.